The van der Waals surface area contributed by atoms with Gasteiger partial charge in [0.05, 0.1) is 37.0 Å². The highest BCUT2D eigenvalue weighted by atomic mass is 16.6. The molecule has 2 aliphatic rings. The van der Waals surface area contributed by atoms with E-state index in [1.807, 2.05) is 47.6 Å². The summed E-state index contributed by atoms with van der Waals surface area (Å²) in [5, 5.41) is 8.36. The number of hydrogen-bond acceptors (Lipinski definition) is 9. The Morgan fingerprint density at radius 1 is 1.07 bits per heavy atom. The number of amides is 3. The molecule has 1 saturated heterocycles. The number of methoxy groups -OCH3 is 1. The van der Waals surface area contributed by atoms with E-state index in [0.29, 0.717) is 32.7 Å². The zero-order valence-corrected chi connectivity index (χ0v) is 27.3. The second-order valence-corrected chi connectivity index (χ2v) is 12.7. The Labute approximate surface area is 257 Å². The molecule has 43 heavy (non-hydrogen) atoms. The Morgan fingerprint density at radius 2 is 1.72 bits per heavy atom. The number of alkyl carbamates (subject to hydrolysis) is 2. The number of nitrogens with two attached hydrogens (primary N) is 1. The molecular formula is C31H56N4O8. The molecule has 2 rings (SSSR count). The third-order valence-electron chi connectivity index (χ3n) is 8.24. The molecule has 12 nitrogen and oxygen atoms in total. The quantitative estimate of drug-likeness (QED) is 0.103. The highest BCUT2D eigenvalue weighted by molar-refractivity contribution is 5.77. The molecule has 0 radical (unpaired) electrons. The molecule has 12 heteroatoms. The molecule has 0 aromatic rings. The first-order valence-corrected chi connectivity index (χ1v) is 15.6. The summed E-state index contributed by atoms with van der Waals surface area (Å²) < 4.78 is 29.5. The smallest absolute Gasteiger partial charge is 0.407 e. The number of hydrogen-bond donors (Lipinski definition) is 4. The van der Waals surface area contributed by atoms with Crippen LogP contribution in [0.1, 0.15) is 80.1 Å². The molecule has 1 heterocycles. The number of rotatable bonds is 18. The maximum atomic E-state index is 13.0. The molecule has 1 spiro atoms. The van der Waals surface area contributed by atoms with Crippen molar-refractivity contribution in [2.24, 2.45) is 17.6 Å². The number of unbranched alkanes of at least 4 members (excludes halogenated alkanes) is 3. The largest absolute Gasteiger partial charge is 0.447 e. The van der Waals surface area contributed by atoms with Crippen LogP contribution in [-0.2, 0) is 28.5 Å². The summed E-state index contributed by atoms with van der Waals surface area (Å²) in [5.74, 6) is -0.286. The number of epoxide rings is 1. The van der Waals surface area contributed by atoms with E-state index in [2.05, 4.69) is 16.0 Å². The molecule has 1 aliphatic carbocycles. The molecule has 2 unspecified atom stereocenters. The van der Waals surface area contributed by atoms with E-state index in [4.69, 9.17) is 29.4 Å². The molecule has 0 aromatic heterocycles. The lowest BCUT2D eigenvalue weighted by Gasteiger charge is -2.47. The van der Waals surface area contributed by atoms with Crippen molar-refractivity contribution in [3.8, 4) is 0 Å². The van der Waals surface area contributed by atoms with Crippen LogP contribution in [0.15, 0.2) is 11.6 Å². The summed E-state index contributed by atoms with van der Waals surface area (Å²) in [4.78, 5) is 36.4. The lowest BCUT2D eigenvalue weighted by Crippen LogP contribution is -2.59. The third-order valence-corrected chi connectivity index (χ3v) is 8.24. The SMILES string of the molecule is COC1C(C(C)(C)OCC=C(C)C)[C@]2(CC[C@@H]1OC(=O)N[C@@H](COC(=O)NCCCCCCNC(=O)CN)C(C)C)CO2. The topological polar surface area (TPSA) is 163 Å². The van der Waals surface area contributed by atoms with Crippen molar-refractivity contribution in [2.75, 3.05) is 46.6 Å². The van der Waals surface area contributed by atoms with Gasteiger partial charge in [-0.2, -0.15) is 0 Å². The lowest BCUT2D eigenvalue weighted by molar-refractivity contribution is -0.172. The first kappa shape index (κ1) is 36.8. The van der Waals surface area contributed by atoms with Crippen LogP contribution in [0.4, 0.5) is 9.59 Å². The van der Waals surface area contributed by atoms with Gasteiger partial charge in [-0.3, -0.25) is 4.79 Å². The molecule has 0 bridgehead atoms. The molecule has 5 atom stereocenters. The van der Waals surface area contributed by atoms with Crippen LogP contribution in [0, 0.1) is 11.8 Å². The van der Waals surface area contributed by atoms with Crippen molar-refractivity contribution < 1.29 is 38.1 Å². The van der Waals surface area contributed by atoms with Crippen molar-refractivity contribution in [1.82, 2.24) is 16.0 Å². The van der Waals surface area contributed by atoms with Gasteiger partial charge >= 0.3 is 12.2 Å². The van der Waals surface area contributed by atoms with Crippen LogP contribution in [-0.4, -0.2) is 94.1 Å². The molecule has 1 saturated carbocycles. The maximum Gasteiger partial charge on any atom is 0.407 e. The van der Waals surface area contributed by atoms with E-state index in [9.17, 15) is 14.4 Å². The summed E-state index contributed by atoms with van der Waals surface area (Å²) in [7, 11) is 1.63. The lowest BCUT2D eigenvalue weighted by atomic mass is 9.68. The van der Waals surface area contributed by atoms with E-state index in [1.54, 1.807) is 7.11 Å². The summed E-state index contributed by atoms with van der Waals surface area (Å²) >= 11 is 0. The molecule has 5 N–H and O–H groups in total. The third kappa shape index (κ3) is 12.2. The number of ether oxygens (including phenoxy) is 5. The minimum Gasteiger partial charge on any atom is -0.447 e. The van der Waals surface area contributed by atoms with Crippen molar-refractivity contribution in [3.63, 3.8) is 0 Å². The number of nitrogens with one attached hydrogen (secondary N) is 3. The van der Waals surface area contributed by atoms with Crippen molar-refractivity contribution in [2.45, 2.75) is 110 Å². The molecule has 0 aromatic carbocycles. The highest BCUT2D eigenvalue weighted by Crippen LogP contribution is 2.52. The average molecular weight is 613 g/mol. The predicted molar refractivity (Wildman–Crippen MR) is 164 cm³/mol. The summed E-state index contributed by atoms with van der Waals surface area (Å²) in [6.07, 6.45) is 4.90. The summed E-state index contributed by atoms with van der Waals surface area (Å²) in [6, 6.07) is -0.427. The fourth-order valence-corrected chi connectivity index (χ4v) is 5.63. The van der Waals surface area contributed by atoms with E-state index in [1.165, 1.54) is 5.57 Å². The Kier molecular flexibility index (Phi) is 15.2. The van der Waals surface area contributed by atoms with Gasteiger partial charge in [0.25, 0.3) is 0 Å². The van der Waals surface area contributed by atoms with Gasteiger partial charge < -0.3 is 45.4 Å². The normalized spacial score (nSPS) is 23.8. The van der Waals surface area contributed by atoms with E-state index >= 15 is 0 Å². The van der Waals surface area contributed by atoms with Crippen LogP contribution >= 0.6 is 0 Å². The molecular weight excluding hydrogens is 556 g/mol. The molecule has 248 valence electrons. The number of carbonyl (C=O) groups excluding carboxylic acids is 3. The van der Waals surface area contributed by atoms with Crippen LogP contribution < -0.4 is 21.7 Å². The van der Waals surface area contributed by atoms with Crippen molar-refractivity contribution in [1.29, 1.82) is 0 Å². The van der Waals surface area contributed by atoms with Gasteiger partial charge in [0.2, 0.25) is 5.91 Å². The standard InChI is InChI=1S/C31H56N4O8/c1-21(2)13-17-41-30(5,6)27-26(39-7)24(12-14-31(27)20-42-31)43-29(38)35-23(22(3)4)19-40-28(37)34-16-11-9-8-10-15-33-25(36)18-32/h13,22-24,26-27H,8-12,14-20,32H2,1-7H3,(H,33,36)(H,34,37)(H,35,38)/t23-,24-,26?,27?,31-/m0/s1. The highest BCUT2D eigenvalue weighted by Gasteiger charge is 2.64. The van der Waals surface area contributed by atoms with Crippen LogP contribution in [0.3, 0.4) is 0 Å². The number of carbonyl (C=O) groups is 3. The zero-order chi connectivity index (χ0) is 32.0. The first-order chi connectivity index (χ1) is 20.3. The van der Waals surface area contributed by atoms with E-state index in [0.717, 1.165) is 32.1 Å². The Balaban J connectivity index is 1.81. The minimum absolute atomic E-state index is 0.00226. The molecule has 3 amide bonds. The fourth-order valence-electron chi connectivity index (χ4n) is 5.63. The summed E-state index contributed by atoms with van der Waals surface area (Å²) in [5.41, 5.74) is 5.52. The van der Waals surface area contributed by atoms with Crippen molar-refractivity contribution in [3.05, 3.63) is 11.6 Å². The first-order valence-electron chi connectivity index (χ1n) is 15.6. The Morgan fingerprint density at radius 3 is 2.28 bits per heavy atom. The van der Waals surface area contributed by atoms with Crippen molar-refractivity contribution >= 4 is 18.1 Å². The minimum atomic E-state index is -0.578. The van der Waals surface area contributed by atoms with Gasteiger partial charge in [-0.25, -0.2) is 9.59 Å². The molecule has 1 aliphatic heterocycles. The van der Waals surface area contributed by atoms with Gasteiger partial charge in [0.1, 0.15) is 18.8 Å². The van der Waals surface area contributed by atoms with Crippen LogP contribution in [0.2, 0.25) is 0 Å². The average Bonchev–Trinajstić information content (AvgIpc) is 3.71. The second kappa shape index (κ2) is 17.8. The maximum absolute atomic E-state index is 13.0. The van der Waals surface area contributed by atoms with Crippen LogP contribution in [0.5, 0.6) is 0 Å². The van der Waals surface area contributed by atoms with Crippen LogP contribution in [0.25, 0.3) is 0 Å². The molecule has 2 fully saturated rings. The van der Waals surface area contributed by atoms with Gasteiger partial charge in [-0.15, -0.1) is 0 Å². The monoisotopic (exact) mass is 612 g/mol. The van der Waals surface area contributed by atoms with Gasteiger partial charge in [0.15, 0.2) is 0 Å². The second-order valence-electron chi connectivity index (χ2n) is 12.7. The van der Waals surface area contributed by atoms with Gasteiger partial charge in [0, 0.05) is 26.1 Å². The van der Waals surface area contributed by atoms with Gasteiger partial charge in [-0.1, -0.05) is 38.3 Å². The fraction of sp³-hybridized carbons (Fsp3) is 0.839. The predicted octanol–water partition coefficient (Wildman–Crippen LogP) is 3.42. The Hall–Kier alpha value is -2.41. The van der Waals surface area contributed by atoms with E-state index < -0.39 is 36.0 Å². The summed E-state index contributed by atoms with van der Waals surface area (Å²) in [6.45, 7) is 14.2. The van der Waals surface area contributed by atoms with Gasteiger partial charge in [-0.05, 0) is 59.3 Å². The van der Waals surface area contributed by atoms with E-state index in [-0.39, 0.29) is 36.5 Å². The zero-order valence-electron chi connectivity index (χ0n) is 27.3. The Bertz CT molecular complexity index is 917. The number of allylic oxidation sites excluding steroid dienone is 1.